The summed E-state index contributed by atoms with van der Waals surface area (Å²) in [6.45, 7) is 7.24. The number of aliphatic hydroxyl groups excluding tert-OH is 1. The third kappa shape index (κ3) is 3.78. The van der Waals surface area contributed by atoms with Gasteiger partial charge < -0.3 is 15.7 Å². The van der Waals surface area contributed by atoms with Crippen LogP contribution in [0.3, 0.4) is 0 Å². The van der Waals surface area contributed by atoms with E-state index in [-0.39, 0.29) is 12.1 Å². The molecule has 1 aromatic carbocycles. The average molecular weight is 262 g/mol. The predicted octanol–water partition coefficient (Wildman–Crippen LogP) is 2.09. The maximum absolute atomic E-state index is 9.74. The molecule has 3 atom stereocenters. The van der Waals surface area contributed by atoms with Gasteiger partial charge in [-0.2, -0.15) is 0 Å². The fourth-order valence-electron chi connectivity index (χ4n) is 2.90. The number of piperidine rings is 1. The summed E-state index contributed by atoms with van der Waals surface area (Å²) in [5, 5.41) is 9.74. The van der Waals surface area contributed by atoms with Crippen molar-refractivity contribution in [3.63, 3.8) is 0 Å². The smallest absolute Gasteiger partial charge is 0.0590 e. The molecule has 2 rings (SSSR count). The molecule has 3 N–H and O–H groups in total. The summed E-state index contributed by atoms with van der Waals surface area (Å²) in [6.07, 6.45) is 1.75. The van der Waals surface area contributed by atoms with E-state index in [9.17, 15) is 5.11 Å². The van der Waals surface area contributed by atoms with E-state index in [0.29, 0.717) is 5.92 Å². The number of nitrogens with zero attached hydrogens (tertiary/aromatic N) is 1. The van der Waals surface area contributed by atoms with Crippen molar-refractivity contribution in [2.75, 3.05) is 19.6 Å². The molecule has 0 spiro atoms. The van der Waals surface area contributed by atoms with Crippen LogP contribution in [0.4, 0.5) is 0 Å². The molecular formula is C16H26N2O. The second-order valence-corrected chi connectivity index (χ2v) is 5.89. The topological polar surface area (TPSA) is 49.5 Å². The highest BCUT2D eigenvalue weighted by Gasteiger charge is 2.24. The van der Waals surface area contributed by atoms with Gasteiger partial charge in [-0.1, -0.05) is 31.2 Å². The molecule has 1 aliphatic rings. The van der Waals surface area contributed by atoms with Crippen LogP contribution in [0, 0.1) is 12.8 Å². The number of aliphatic hydroxyl groups is 1. The highest BCUT2D eigenvalue weighted by atomic mass is 16.3. The van der Waals surface area contributed by atoms with Gasteiger partial charge in [0.2, 0.25) is 0 Å². The highest BCUT2D eigenvalue weighted by Crippen LogP contribution is 2.21. The molecular weight excluding hydrogens is 236 g/mol. The molecule has 0 amide bonds. The number of benzene rings is 1. The molecule has 106 valence electrons. The Kier molecular flexibility index (Phi) is 4.97. The summed E-state index contributed by atoms with van der Waals surface area (Å²) in [5.41, 5.74) is 8.83. The second-order valence-electron chi connectivity index (χ2n) is 5.89. The molecule has 19 heavy (non-hydrogen) atoms. The number of nitrogens with two attached hydrogens (primary N) is 1. The SMILES string of the molecule is Cc1ccccc1C(N)CCN1CCC(O)C(C)C1. The van der Waals surface area contributed by atoms with Crippen molar-refractivity contribution in [3.05, 3.63) is 35.4 Å². The summed E-state index contributed by atoms with van der Waals surface area (Å²) in [5.74, 6) is 0.378. The van der Waals surface area contributed by atoms with E-state index in [2.05, 4.69) is 43.0 Å². The van der Waals surface area contributed by atoms with Crippen molar-refractivity contribution in [1.82, 2.24) is 4.90 Å². The fourth-order valence-corrected chi connectivity index (χ4v) is 2.90. The lowest BCUT2D eigenvalue weighted by molar-refractivity contribution is 0.0341. The van der Waals surface area contributed by atoms with E-state index in [0.717, 1.165) is 32.5 Å². The van der Waals surface area contributed by atoms with Crippen LogP contribution in [0.5, 0.6) is 0 Å². The third-order valence-corrected chi connectivity index (χ3v) is 4.29. The molecule has 1 aromatic rings. The zero-order valence-electron chi connectivity index (χ0n) is 12.0. The van der Waals surface area contributed by atoms with Crippen LogP contribution < -0.4 is 5.73 Å². The third-order valence-electron chi connectivity index (χ3n) is 4.29. The van der Waals surface area contributed by atoms with Crippen LogP contribution >= 0.6 is 0 Å². The minimum absolute atomic E-state index is 0.114. The standard InChI is InChI=1S/C16H26N2O/c1-12-5-3-4-6-14(12)15(17)7-9-18-10-8-16(19)13(2)11-18/h3-6,13,15-16,19H,7-11,17H2,1-2H3. The van der Waals surface area contributed by atoms with Crippen molar-refractivity contribution in [2.45, 2.75) is 38.8 Å². The number of likely N-dealkylation sites (tertiary alicyclic amines) is 1. The Balaban J connectivity index is 1.84. The number of rotatable bonds is 4. The monoisotopic (exact) mass is 262 g/mol. The van der Waals surface area contributed by atoms with E-state index in [1.165, 1.54) is 11.1 Å². The van der Waals surface area contributed by atoms with Gasteiger partial charge in [-0.25, -0.2) is 0 Å². The molecule has 0 aromatic heterocycles. The van der Waals surface area contributed by atoms with Crippen LogP contribution in [0.1, 0.15) is 36.9 Å². The lowest BCUT2D eigenvalue weighted by atomic mass is 9.95. The van der Waals surface area contributed by atoms with Crippen molar-refractivity contribution in [3.8, 4) is 0 Å². The van der Waals surface area contributed by atoms with Crippen LogP contribution in [0.2, 0.25) is 0 Å². The minimum atomic E-state index is -0.124. The Morgan fingerprint density at radius 3 is 2.84 bits per heavy atom. The van der Waals surface area contributed by atoms with Crippen LogP contribution in [0.15, 0.2) is 24.3 Å². The minimum Gasteiger partial charge on any atom is -0.393 e. The first kappa shape index (κ1) is 14.5. The maximum atomic E-state index is 9.74. The average Bonchev–Trinajstić information content (AvgIpc) is 2.40. The molecule has 0 aliphatic carbocycles. The van der Waals surface area contributed by atoms with Gasteiger partial charge in [0.15, 0.2) is 0 Å². The zero-order chi connectivity index (χ0) is 13.8. The quantitative estimate of drug-likeness (QED) is 0.873. The molecule has 3 unspecified atom stereocenters. The Morgan fingerprint density at radius 2 is 2.16 bits per heavy atom. The number of hydrogen-bond donors (Lipinski definition) is 2. The zero-order valence-corrected chi connectivity index (χ0v) is 12.0. The molecule has 3 heteroatoms. The molecule has 1 fully saturated rings. The van der Waals surface area contributed by atoms with E-state index >= 15 is 0 Å². The molecule has 0 saturated carbocycles. The predicted molar refractivity (Wildman–Crippen MR) is 79.0 cm³/mol. The first-order valence-electron chi connectivity index (χ1n) is 7.29. The van der Waals surface area contributed by atoms with Gasteiger partial charge in [0.05, 0.1) is 6.10 Å². The summed E-state index contributed by atoms with van der Waals surface area (Å²) in [6, 6.07) is 8.47. The van der Waals surface area contributed by atoms with E-state index in [4.69, 9.17) is 5.73 Å². The normalized spacial score (nSPS) is 26.3. The summed E-state index contributed by atoms with van der Waals surface area (Å²) >= 11 is 0. The Hall–Kier alpha value is -0.900. The molecule has 1 heterocycles. The number of aryl methyl sites for hydroxylation is 1. The summed E-state index contributed by atoms with van der Waals surface area (Å²) < 4.78 is 0. The Labute approximate surface area is 116 Å². The van der Waals surface area contributed by atoms with Crippen molar-refractivity contribution in [2.24, 2.45) is 11.7 Å². The Morgan fingerprint density at radius 1 is 1.42 bits per heavy atom. The largest absolute Gasteiger partial charge is 0.393 e. The molecule has 0 bridgehead atoms. The highest BCUT2D eigenvalue weighted by molar-refractivity contribution is 5.28. The lowest BCUT2D eigenvalue weighted by Crippen LogP contribution is -2.42. The molecule has 0 radical (unpaired) electrons. The van der Waals surface area contributed by atoms with Gasteiger partial charge in [0.1, 0.15) is 0 Å². The van der Waals surface area contributed by atoms with Crippen molar-refractivity contribution in [1.29, 1.82) is 0 Å². The van der Waals surface area contributed by atoms with Gasteiger partial charge in [0, 0.05) is 19.1 Å². The Bertz CT molecular complexity index is 407. The van der Waals surface area contributed by atoms with E-state index in [1.807, 2.05) is 0 Å². The van der Waals surface area contributed by atoms with E-state index in [1.54, 1.807) is 0 Å². The van der Waals surface area contributed by atoms with Gasteiger partial charge in [0.25, 0.3) is 0 Å². The van der Waals surface area contributed by atoms with Gasteiger partial charge in [-0.15, -0.1) is 0 Å². The van der Waals surface area contributed by atoms with Crippen LogP contribution in [-0.4, -0.2) is 35.7 Å². The van der Waals surface area contributed by atoms with Gasteiger partial charge in [-0.3, -0.25) is 0 Å². The van der Waals surface area contributed by atoms with Crippen molar-refractivity contribution < 1.29 is 5.11 Å². The summed E-state index contributed by atoms with van der Waals surface area (Å²) in [7, 11) is 0. The molecule has 3 nitrogen and oxygen atoms in total. The first-order valence-corrected chi connectivity index (χ1v) is 7.29. The molecule has 1 saturated heterocycles. The number of hydrogen-bond acceptors (Lipinski definition) is 3. The van der Waals surface area contributed by atoms with Gasteiger partial charge >= 0.3 is 0 Å². The maximum Gasteiger partial charge on any atom is 0.0590 e. The van der Waals surface area contributed by atoms with E-state index < -0.39 is 0 Å². The van der Waals surface area contributed by atoms with Crippen molar-refractivity contribution >= 4 is 0 Å². The van der Waals surface area contributed by atoms with Gasteiger partial charge in [-0.05, 0) is 43.4 Å². The molecule has 1 aliphatic heterocycles. The first-order chi connectivity index (χ1) is 9.08. The second kappa shape index (κ2) is 6.51. The van der Waals surface area contributed by atoms with Crippen LogP contribution in [0.25, 0.3) is 0 Å². The van der Waals surface area contributed by atoms with Crippen LogP contribution in [-0.2, 0) is 0 Å². The fraction of sp³-hybridized carbons (Fsp3) is 0.625. The lowest BCUT2D eigenvalue weighted by Gasteiger charge is -2.34. The summed E-state index contributed by atoms with van der Waals surface area (Å²) in [4.78, 5) is 2.43.